The Kier molecular flexibility index (Phi) is 7.84. The van der Waals surface area contributed by atoms with E-state index >= 15 is 0 Å². The maximum atomic E-state index is 13.2. The molecule has 0 radical (unpaired) electrons. The fourth-order valence-corrected chi connectivity index (χ4v) is 7.07. The van der Waals surface area contributed by atoms with E-state index in [9.17, 15) is 34.8 Å². The number of hydrogen-bond acceptors (Lipinski definition) is 5. The van der Waals surface area contributed by atoms with Crippen LogP contribution in [0.5, 0.6) is 5.75 Å². The number of fused-ring (bicyclic) bond motifs is 1. The first-order valence-electron chi connectivity index (χ1n) is 13.1. The van der Waals surface area contributed by atoms with Crippen molar-refractivity contribution < 1.29 is 39.5 Å². The number of aromatic nitrogens is 1. The van der Waals surface area contributed by atoms with Crippen LogP contribution in [0.1, 0.15) is 36.1 Å². The Labute approximate surface area is 234 Å². The van der Waals surface area contributed by atoms with E-state index in [1.165, 1.54) is 0 Å². The third-order valence-corrected chi connectivity index (χ3v) is 9.21. The molecule has 0 N–H and O–H groups in total. The number of halogens is 6. The molecule has 1 saturated heterocycles. The Morgan fingerprint density at radius 2 is 1.51 bits per heavy atom. The lowest BCUT2D eigenvalue weighted by Gasteiger charge is -2.46. The van der Waals surface area contributed by atoms with Gasteiger partial charge in [0.25, 0.3) is 0 Å². The number of likely N-dealkylation sites (tertiary alicyclic amines) is 1. The molecule has 2 aromatic carbocycles. The van der Waals surface area contributed by atoms with E-state index in [4.69, 9.17) is 4.74 Å². The highest BCUT2D eigenvalue weighted by Gasteiger charge is 2.60. The number of sulfone groups is 1. The van der Waals surface area contributed by atoms with Crippen molar-refractivity contribution in [3.05, 3.63) is 83.7 Å². The highest BCUT2D eigenvalue weighted by atomic mass is 32.2. The highest BCUT2D eigenvalue weighted by Crippen LogP contribution is 2.44. The maximum absolute atomic E-state index is 13.2. The van der Waals surface area contributed by atoms with Gasteiger partial charge < -0.3 is 4.74 Å². The van der Waals surface area contributed by atoms with Crippen molar-refractivity contribution in [2.45, 2.75) is 61.2 Å². The van der Waals surface area contributed by atoms with Crippen LogP contribution in [0.4, 0.5) is 26.3 Å². The number of alkyl halides is 6. The molecule has 5 rings (SSSR count). The molecule has 0 amide bonds. The number of rotatable bonds is 6. The van der Waals surface area contributed by atoms with Gasteiger partial charge in [0.15, 0.2) is 9.84 Å². The predicted octanol–water partition coefficient (Wildman–Crippen LogP) is 6.52. The molecule has 5 nitrogen and oxygen atoms in total. The number of ether oxygens (including phenoxy) is 1. The number of piperidine rings is 1. The average Bonchev–Trinajstić information content (AvgIpc) is 2.89. The summed E-state index contributed by atoms with van der Waals surface area (Å²) in [6.07, 6.45) is -8.03. The molecule has 0 bridgehead atoms. The van der Waals surface area contributed by atoms with E-state index in [2.05, 4.69) is 4.98 Å². The fraction of sp³-hybridized carbons (Fsp3) is 0.414. The molecule has 220 valence electrons. The second-order valence-corrected chi connectivity index (χ2v) is 12.7. The van der Waals surface area contributed by atoms with Crippen LogP contribution in [0.25, 0.3) is 11.1 Å². The van der Waals surface area contributed by atoms with Crippen molar-refractivity contribution in [3.8, 4) is 16.9 Å². The first-order chi connectivity index (χ1) is 19.2. The summed E-state index contributed by atoms with van der Waals surface area (Å²) >= 11 is 0. The van der Waals surface area contributed by atoms with Crippen LogP contribution in [0, 0.1) is 0 Å². The lowest BCUT2D eigenvalue weighted by Crippen LogP contribution is -2.60. The molecule has 0 atom stereocenters. The Bertz CT molecular complexity index is 1450. The van der Waals surface area contributed by atoms with Crippen LogP contribution in [0.2, 0.25) is 0 Å². The summed E-state index contributed by atoms with van der Waals surface area (Å²) in [7, 11) is -3.41. The van der Waals surface area contributed by atoms with Crippen molar-refractivity contribution in [3.63, 3.8) is 0 Å². The molecule has 3 aromatic rings. The van der Waals surface area contributed by atoms with E-state index < -0.39 is 33.8 Å². The minimum atomic E-state index is -5.40. The lowest BCUT2D eigenvalue weighted by molar-refractivity contribution is -0.291. The number of pyridine rings is 1. The molecule has 1 spiro atoms. The van der Waals surface area contributed by atoms with E-state index in [0.717, 1.165) is 16.7 Å². The van der Waals surface area contributed by atoms with Crippen LogP contribution in [0.3, 0.4) is 0 Å². The van der Waals surface area contributed by atoms with Crippen LogP contribution in [0.15, 0.2) is 66.9 Å². The highest BCUT2D eigenvalue weighted by molar-refractivity contribution is 7.89. The number of benzene rings is 2. The first kappa shape index (κ1) is 29.4. The summed E-state index contributed by atoms with van der Waals surface area (Å²) in [6, 6.07) is 14.4. The van der Waals surface area contributed by atoms with Gasteiger partial charge in [0.05, 0.1) is 17.2 Å². The zero-order chi connectivity index (χ0) is 29.5. The van der Waals surface area contributed by atoms with Crippen LogP contribution in [-0.4, -0.2) is 55.4 Å². The van der Waals surface area contributed by atoms with Gasteiger partial charge in [-0.1, -0.05) is 36.4 Å². The van der Waals surface area contributed by atoms with E-state index in [-0.39, 0.29) is 37.4 Å². The summed E-state index contributed by atoms with van der Waals surface area (Å²) in [6.45, 7) is -0.720. The van der Waals surface area contributed by atoms with E-state index in [0.29, 0.717) is 34.7 Å². The summed E-state index contributed by atoms with van der Waals surface area (Å²) < 4.78 is 110. The monoisotopic (exact) mass is 598 g/mol. The van der Waals surface area contributed by atoms with Gasteiger partial charge in [-0.15, -0.1) is 0 Å². The predicted molar refractivity (Wildman–Crippen MR) is 141 cm³/mol. The van der Waals surface area contributed by atoms with Gasteiger partial charge >= 0.3 is 12.4 Å². The van der Waals surface area contributed by atoms with E-state index in [1.807, 2.05) is 24.3 Å². The SMILES string of the molecule is O=S(=O)(Cc1ccc(-c2ccc3c(c2)CCC2(CCN(C(C(F)(F)F)C(F)(F)F)CC2)O3)cc1)Cc1ccccn1. The molecule has 12 heteroatoms. The third kappa shape index (κ3) is 6.86. The van der Waals surface area contributed by atoms with Crippen molar-refractivity contribution in [2.24, 2.45) is 0 Å². The molecular weight excluding hydrogens is 570 g/mol. The first-order valence-corrected chi connectivity index (χ1v) is 14.9. The van der Waals surface area contributed by atoms with Crippen molar-refractivity contribution in [1.82, 2.24) is 9.88 Å². The molecule has 3 heterocycles. The van der Waals surface area contributed by atoms with Gasteiger partial charge in [-0.3, -0.25) is 9.88 Å². The number of aryl methyl sites for hydroxylation is 1. The molecule has 0 saturated carbocycles. The normalized spacial score (nSPS) is 17.8. The lowest BCUT2D eigenvalue weighted by atomic mass is 9.82. The quantitative estimate of drug-likeness (QED) is 0.303. The van der Waals surface area contributed by atoms with Crippen molar-refractivity contribution in [2.75, 3.05) is 13.1 Å². The number of nitrogens with zero attached hydrogens (tertiary/aromatic N) is 2. The minimum absolute atomic E-state index is 0.0710. The molecule has 41 heavy (non-hydrogen) atoms. The van der Waals surface area contributed by atoms with E-state index in [1.54, 1.807) is 42.6 Å². The second-order valence-electron chi connectivity index (χ2n) is 10.7. The molecule has 0 unspecified atom stereocenters. The van der Waals surface area contributed by atoms with Crippen molar-refractivity contribution in [1.29, 1.82) is 0 Å². The molecule has 0 aliphatic carbocycles. The van der Waals surface area contributed by atoms with Gasteiger partial charge in [-0.25, -0.2) is 8.42 Å². The number of hydrogen-bond donors (Lipinski definition) is 0. The Morgan fingerprint density at radius 3 is 2.12 bits per heavy atom. The summed E-state index contributed by atoms with van der Waals surface area (Å²) in [4.78, 5) is 4.54. The third-order valence-electron chi connectivity index (χ3n) is 7.70. The molecule has 2 aliphatic heterocycles. The Hall–Kier alpha value is -3.12. The van der Waals surface area contributed by atoms with Gasteiger partial charge in [0.2, 0.25) is 6.04 Å². The summed E-state index contributed by atoms with van der Waals surface area (Å²) in [5, 5.41) is 0. The molecule has 1 fully saturated rings. The van der Waals surface area contributed by atoms with Crippen LogP contribution < -0.4 is 4.74 Å². The van der Waals surface area contributed by atoms with Gasteiger partial charge in [0, 0.05) is 19.3 Å². The van der Waals surface area contributed by atoms with Crippen molar-refractivity contribution >= 4 is 9.84 Å². The van der Waals surface area contributed by atoms with Crippen LogP contribution >= 0.6 is 0 Å². The summed E-state index contributed by atoms with van der Waals surface area (Å²) in [5.41, 5.74) is 3.00. The Balaban J connectivity index is 1.23. The smallest absolute Gasteiger partial charge is 0.412 e. The zero-order valence-electron chi connectivity index (χ0n) is 21.9. The summed E-state index contributed by atoms with van der Waals surface area (Å²) in [5.74, 6) is 0.313. The van der Waals surface area contributed by atoms with Gasteiger partial charge in [-0.2, -0.15) is 26.3 Å². The topological polar surface area (TPSA) is 59.5 Å². The minimum Gasteiger partial charge on any atom is -0.487 e. The average molecular weight is 599 g/mol. The molecule has 1 aromatic heterocycles. The largest absolute Gasteiger partial charge is 0.487 e. The molecular formula is C29H28F6N2O3S. The molecule has 2 aliphatic rings. The standard InChI is InChI=1S/C29H28F6N2O3S/c30-28(31,32)26(29(33,34)35)37-15-12-27(13-16-37)11-10-23-17-22(8-9-25(23)40-27)21-6-4-20(5-7-21)18-41(38,39)19-24-3-1-2-14-36-24/h1-9,14,17,26H,10-13,15-16,18-19H2. The second kappa shape index (κ2) is 10.9. The fourth-order valence-electron chi connectivity index (χ4n) is 5.65. The van der Waals surface area contributed by atoms with Gasteiger partial charge in [-0.05, 0) is 72.2 Å². The maximum Gasteiger partial charge on any atom is 0.412 e. The Morgan fingerprint density at radius 1 is 0.854 bits per heavy atom. The van der Waals surface area contributed by atoms with Crippen LogP contribution in [-0.2, 0) is 27.8 Å². The zero-order valence-corrected chi connectivity index (χ0v) is 22.7. The van der Waals surface area contributed by atoms with Gasteiger partial charge in [0.1, 0.15) is 11.4 Å².